The third-order valence-corrected chi connectivity index (χ3v) is 3.13. The fourth-order valence-electron chi connectivity index (χ4n) is 1.82. The van der Waals surface area contributed by atoms with Gasteiger partial charge in [0.1, 0.15) is 13.2 Å². The third-order valence-electron chi connectivity index (χ3n) is 3.13. The first-order valence-electron chi connectivity index (χ1n) is 7.43. The third kappa shape index (κ3) is 5.74. The number of benzene rings is 1. The Balaban J connectivity index is 1.65. The number of nitrogens with zero attached hydrogens (tertiary/aromatic N) is 1. The van der Waals surface area contributed by atoms with E-state index in [4.69, 9.17) is 9.15 Å². The van der Waals surface area contributed by atoms with E-state index in [0.717, 1.165) is 0 Å². The van der Waals surface area contributed by atoms with Gasteiger partial charge in [-0.25, -0.2) is 0 Å². The number of furan rings is 1. The van der Waals surface area contributed by atoms with Crippen LogP contribution in [0, 0.1) is 10.1 Å². The zero-order valence-electron chi connectivity index (χ0n) is 13.5. The number of nitro benzene ring substituents is 1. The van der Waals surface area contributed by atoms with Gasteiger partial charge in [-0.3, -0.25) is 24.5 Å². The lowest BCUT2D eigenvalue weighted by Crippen LogP contribution is -2.39. The zero-order valence-corrected chi connectivity index (χ0v) is 13.5. The molecular formula is C16H15N3O7. The number of ether oxygens (including phenoxy) is 1. The second-order valence-corrected chi connectivity index (χ2v) is 5.02. The molecule has 1 aromatic carbocycles. The van der Waals surface area contributed by atoms with Crippen LogP contribution >= 0.6 is 0 Å². The highest BCUT2D eigenvalue weighted by Crippen LogP contribution is 2.12. The Hall–Kier alpha value is -3.69. The van der Waals surface area contributed by atoms with Crippen LogP contribution in [-0.2, 0) is 20.9 Å². The van der Waals surface area contributed by atoms with Gasteiger partial charge in [0, 0.05) is 12.1 Å². The molecule has 0 fully saturated rings. The second kappa shape index (κ2) is 8.97. The van der Waals surface area contributed by atoms with E-state index in [0.29, 0.717) is 5.56 Å². The van der Waals surface area contributed by atoms with Crippen molar-refractivity contribution < 1.29 is 28.5 Å². The van der Waals surface area contributed by atoms with Crippen LogP contribution in [0.3, 0.4) is 0 Å². The van der Waals surface area contributed by atoms with E-state index in [2.05, 4.69) is 10.6 Å². The van der Waals surface area contributed by atoms with Crippen molar-refractivity contribution in [1.82, 2.24) is 10.6 Å². The molecule has 136 valence electrons. The Morgan fingerprint density at radius 1 is 1.08 bits per heavy atom. The van der Waals surface area contributed by atoms with Crippen LogP contribution in [0.15, 0.2) is 47.1 Å². The number of nitrogens with one attached hydrogen (secondary N) is 2. The Bertz CT molecular complexity index is 785. The molecule has 1 heterocycles. The Morgan fingerprint density at radius 2 is 1.81 bits per heavy atom. The normalized spacial score (nSPS) is 10.0. The van der Waals surface area contributed by atoms with Crippen molar-refractivity contribution in [3.05, 3.63) is 64.1 Å². The summed E-state index contributed by atoms with van der Waals surface area (Å²) in [6.07, 6.45) is 1.33. The largest absolute Gasteiger partial charge is 0.460 e. The summed E-state index contributed by atoms with van der Waals surface area (Å²) in [5.74, 6) is -1.74. The van der Waals surface area contributed by atoms with Gasteiger partial charge in [-0.2, -0.15) is 0 Å². The van der Waals surface area contributed by atoms with Crippen LogP contribution < -0.4 is 10.6 Å². The molecule has 0 spiro atoms. The van der Waals surface area contributed by atoms with E-state index >= 15 is 0 Å². The maximum atomic E-state index is 11.6. The van der Waals surface area contributed by atoms with E-state index in [1.807, 2.05) is 0 Å². The fourth-order valence-corrected chi connectivity index (χ4v) is 1.82. The van der Waals surface area contributed by atoms with Crippen LogP contribution in [-0.4, -0.2) is 35.8 Å². The molecule has 0 aliphatic carbocycles. The highest BCUT2D eigenvalue weighted by Gasteiger charge is 2.12. The van der Waals surface area contributed by atoms with Crippen molar-refractivity contribution >= 4 is 23.5 Å². The van der Waals surface area contributed by atoms with E-state index in [1.165, 1.54) is 42.7 Å². The summed E-state index contributed by atoms with van der Waals surface area (Å²) in [6, 6.07) is 8.51. The first-order valence-corrected chi connectivity index (χ1v) is 7.43. The van der Waals surface area contributed by atoms with Gasteiger partial charge in [-0.15, -0.1) is 0 Å². The number of carbonyl (C=O) groups is 3. The first kappa shape index (κ1) is 18.6. The topological polar surface area (TPSA) is 141 Å². The molecule has 10 nitrogen and oxygen atoms in total. The predicted molar refractivity (Wildman–Crippen MR) is 86.9 cm³/mol. The van der Waals surface area contributed by atoms with Gasteiger partial charge in [-0.1, -0.05) is 0 Å². The average molecular weight is 361 g/mol. The molecule has 2 N–H and O–H groups in total. The molecule has 26 heavy (non-hydrogen) atoms. The van der Waals surface area contributed by atoms with Crippen LogP contribution in [0.1, 0.15) is 16.1 Å². The van der Waals surface area contributed by atoms with Crippen LogP contribution in [0.5, 0.6) is 0 Å². The average Bonchev–Trinajstić information content (AvgIpc) is 3.17. The van der Waals surface area contributed by atoms with Crippen LogP contribution in [0.25, 0.3) is 0 Å². The monoisotopic (exact) mass is 361 g/mol. The Kier molecular flexibility index (Phi) is 6.43. The Labute approximate surface area is 147 Å². The summed E-state index contributed by atoms with van der Waals surface area (Å²) < 4.78 is 9.80. The van der Waals surface area contributed by atoms with E-state index in [-0.39, 0.29) is 31.1 Å². The van der Waals surface area contributed by atoms with Gasteiger partial charge >= 0.3 is 5.97 Å². The minimum Gasteiger partial charge on any atom is -0.460 e. The lowest BCUT2D eigenvalue weighted by atomic mass is 10.2. The van der Waals surface area contributed by atoms with Gasteiger partial charge in [0.25, 0.3) is 11.6 Å². The van der Waals surface area contributed by atoms with Crippen molar-refractivity contribution in [2.75, 3.05) is 13.1 Å². The highest BCUT2D eigenvalue weighted by molar-refractivity contribution is 5.94. The maximum Gasteiger partial charge on any atom is 0.325 e. The quantitative estimate of drug-likeness (QED) is 0.402. The molecular weight excluding hydrogens is 346 g/mol. The summed E-state index contributed by atoms with van der Waals surface area (Å²) >= 11 is 0. The maximum absolute atomic E-state index is 11.6. The molecule has 2 amide bonds. The molecule has 0 bridgehead atoms. The van der Waals surface area contributed by atoms with E-state index in [1.54, 1.807) is 0 Å². The molecule has 0 radical (unpaired) electrons. The number of carbonyl (C=O) groups excluding carboxylic acids is 3. The van der Waals surface area contributed by atoms with Crippen molar-refractivity contribution in [2.45, 2.75) is 6.61 Å². The molecule has 0 atom stereocenters. The minimum absolute atomic E-state index is 0.0658. The SMILES string of the molecule is O=C(CNC(=O)c1ccco1)NCC(=O)OCc1ccc([N+](=O)[O-])cc1. The van der Waals surface area contributed by atoms with Gasteiger partial charge in [0.2, 0.25) is 5.91 Å². The first-order chi connectivity index (χ1) is 12.5. The number of amides is 2. The van der Waals surface area contributed by atoms with Crippen LogP contribution in [0.2, 0.25) is 0 Å². The molecule has 10 heteroatoms. The van der Waals surface area contributed by atoms with Crippen molar-refractivity contribution in [1.29, 1.82) is 0 Å². The predicted octanol–water partition coefficient (Wildman–Crippen LogP) is 0.777. The molecule has 1 aromatic heterocycles. The Morgan fingerprint density at radius 3 is 2.42 bits per heavy atom. The molecule has 0 aliphatic heterocycles. The zero-order chi connectivity index (χ0) is 18.9. The lowest BCUT2D eigenvalue weighted by molar-refractivity contribution is -0.384. The summed E-state index contributed by atoms with van der Waals surface area (Å²) in [5, 5.41) is 15.2. The van der Waals surface area contributed by atoms with Crippen LogP contribution in [0.4, 0.5) is 5.69 Å². The van der Waals surface area contributed by atoms with Gasteiger partial charge in [-0.05, 0) is 29.8 Å². The lowest BCUT2D eigenvalue weighted by Gasteiger charge is -2.07. The standard InChI is InChI=1S/C16H15N3O7/c20-14(8-18-16(22)13-2-1-7-25-13)17-9-15(21)26-10-11-3-5-12(6-4-11)19(23)24/h1-7H,8-10H2,(H,17,20)(H,18,22). The molecule has 0 unspecified atom stereocenters. The summed E-state index contributed by atoms with van der Waals surface area (Å²) in [6.45, 7) is -0.778. The molecule has 2 rings (SSSR count). The number of esters is 1. The molecule has 0 aliphatic rings. The van der Waals surface area contributed by atoms with Crippen molar-refractivity contribution in [3.8, 4) is 0 Å². The highest BCUT2D eigenvalue weighted by atomic mass is 16.6. The minimum atomic E-state index is -0.686. The van der Waals surface area contributed by atoms with E-state index in [9.17, 15) is 24.5 Å². The smallest absolute Gasteiger partial charge is 0.325 e. The summed E-state index contributed by atoms with van der Waals surface area (Å²) in [4.78, 5) is 44.7. The van der Waals surface area contributed by atoms with Gasteiger partial charge in [0.05, 0.1) is 17.7 Å². The molecule has 0 saturated heterocycles. The summed E-state index contributed by atoms with van der Waals surface area (Å²) in [5.41, 5.74) is 0.505. The second-order valence-electron chi connectivity index (χ2n) is 5.02. The summed E-state index contributed by atoms with van der Waals surface area (Å²) in [7, 11) is 0. The molecule has 0 saturated carbocycles. The number of hydrogen-bond donors (Lipinski definition) is 2. The van der Waals surface area contributed by atoms with Crippen molar-refractivity contribution in [2.24, 2.45) is 0 Å². The van der Waals surface area contributed by atoms with Crippen molar-refractivity contribution in [3.63, 3.8) is 0 Å². The number of hydrogen-bond acceptors (Lipinski definition) is 7. The number of rotatable bonds is 8. The fraction of sp³-hybridized carbons (Fsp3) is 0.188. The molecule has 2 aromatic rings. The van der Waals surface area contributed by atoms with Gasteiger partial charge < -0.3 is 19.8 Å². The number of non-ortho nitro benzene ring substituents is 1. The van der Waals surface area contributed by atoms with Gasteiger partial charge in [0.15, 0.2) is 5.76 Å². The number of nitro groups is 1. The van der Waals surface area contributed by atoms with E-state index < -0.39 is 22.7 Å².